The largest absolute Gasteiger partial charge is 0.285 e. The van der Waals surface area contributed by atoms with Crippen molar-refractivity contribution < 1.29 is 9.18 Å². The maximum absolute atomic E-state index is 12.6. The van der Waals surface area contributed by atoms with E-state index in [2.05, 4.69) is 0 Å². The molecule has 0 aromatic heterocycles. The molecular formula is C7H2Cl2FO. The molecule has 0 amide bonds. The molecule has 0 heterocycles. The fourth-order valence-corrected chi connectivity index (χ4v) is 1.02. The van der Waals surface area contributed by atoms with Crippen LogP contribution in [0.2, 0.25) is 10.0 Å². The van der Waals surface area contributed by atoms with Crippen molar-refractivity contribution in [2.75, 3.05) is 0 Å². The fraction of sp³-hybridized carbons (Fsp3) is 0. The van der Waals surface area contributed by atoms with Crippen molar-refractivity contribution in [2.24, 2.45) is 0 Å². The van der Waals surface area contributed by atoms with E-state index in [9.17, 15) is 9.18 Å². The Bertz CT molecular complexity index is 299. The first-order valence-electron chi connectivity index (χ1n) is 2.68. The number of hydrogen-bond donors (Lipinski definition) is 0. The Hall–Kier alpha value is -0.600. The van der Waals surface area contributed by atoms with Crippen LogP contribution in [0.5, 0.6) is 0 Å². The zero-order valence-electron chi connectivity index (χ0n) is 5.20. The van der Waals surface area contributed by atoms with Gasteiger partial charge in [0.1, 0.15) is 5.82 Å². The van der Waals surface area contributed by atoms with Crippen molar-refractivity contribution in [3.8, 4) is 0 Å². The molecule has 0 aliphatic carbocycles. The summed E-state index contributed by atoms with van der Waals surface area (Å²) in [5.74, 6) is -0.672. The van der Waals surface area contributed by atoms with Crippen LogP contribution in [0.25, 0.3) is 0 Å². The van der Waals surface area contributed by atoms with Gasteiger partial charge in [-0.05, 0) is 12.1 Å². The second-order valence-electron chi connectivity index (χ2n) is 1.85. The molecular weight excluding hydrogens is 190 g/mol. The van der Waals surface area contributed by atoms with Gasteiger partial charge in [0.25, 0.3) is 0 Å². The molecule has 1 aromatic carbocycles. The third kappa shape index (κ3) is 1.70. The number of carbonyl (C=O) groups excluding carboxylic acids is 1. The second-order valence-corrected chi connectivity index (χ2v) is 2.66. The van der Waals surface area contributed by atoms with Crippen LogP contribution in [0.1, 0.15) is 5.56 Å². The molecule has 0 bridgehead atoms. The Morgan fingerprint density at radius 3 is 2.45 bits per heavy atom. The Morgan fingerprint density at radius 1 is 1.27 bits per heavy atom. The quantitative estimate of drug-likeness (QED) is 0.625. The van der Waals surface area contributed by atoms with Crippen molar-refractivity contribution in [3.63, 3.8) is 0 Å². The molecule has 1 nitrogen and oxygen atoms in total. The van der Waals surface area contributed by atoms with Crippen molar-refractivity contribution in [1.82, 2.24) is 0 Å². The molecule has 0 spiro atoms. The molecule has 0 unspecified atom stereocenters. The zero-order valence-corrected chi connectivity index (χ0v) is 6.71. The molecule has 1 rings (SSSR count). The fourth-order valence-electron chi connectivity index (χ4n) is 0.601. The molecule has 0 saturated heterocycles. The topological polar surface area (TPSA) is 17.1 Å². The van der Waals surface area contributed by atoms with E-state index in [0.29, 0.717) is 0 Å². The van der Waals surface area contributed by atoms with E-state index in [1.165, 1.54) is 12.4 Å². The number of halogens is 3. The first-order chi connectivity index (χ1) is 5.15. The lowest BCUT2D eigenvalue weighted by Gasteiger charge is -1.96. The van der Waals surface area contributed by atoms with Crippen LogP contribution in [0, 0.1) is 5.82 Å². The Kier molecular flexibility index (Phi) is 2.47. The summed E-state index contributed by atoms with van der Waals surface area (Å²) in [4.78, 5) is 10.1. The van der Waals surface area contributed by atoms with E-state index in [-0.39, 0.29) is 15.6 Å². The van der Waals surface area contributed by atoms with Crippen molar-refractivity contribution >= 4 is 29.5 Å². The Labute approximate surface area is 72.7 Å². The van der Waals surface area contributed by atoms with E-state index in [4.69, 9.17) is 23.2 Å². The predicted octanol–water partition coefficient (Wildman–Crippen LogP) is 2.59. The van der Waals surface area contributed by atoms with Gasteiger partial charge in [0.2, 0.25) is 6.29 Å². The normalized spacial score (nSPS) is 9.73. The van der Waals surface area contributed by atoms with E-state index in [1.807, 2.05) is 0 Å². The highest BCUT2D eigenvalue weighted by atomic mass is 35.5. The molecule has 57 valence electrons. The summed E-state index contributed by atoms with van der Waals surface area (Å²) in [6.45, 7) is 0. The lowest BCUT2D eigenvalue weighted by molar-refractivity contribution is 0.562. The summed E-state index contributed by atoms with van der Waals surface area (Å²) in [5.41, 5.74) is -0.0198. The highest BCUT2D eigenvalue weighted by Gasteiger charge is 2.05. The molecule has 0 N–H and O–H groups in total. The van der Waals surface area contributed by atoms with Gasteiger partial charge < -0.3 is 0 Å². The molecule has 1 radical (unpaired) electrons. The van der Waals surface area contributed by atoms with E-state index in [0.717, 1.165) is 6.07 Å². The summed E-state index contributed by atoms with van der Waals surface area (Å²) in [6.07, 6.45) is 1.48. The lowest BCUT2D eigenvalue weighted by atomic mass is 10.2. The average molecular weight is 192 g/mol. The summed E-state index contributed by atoms with van der Waals surface area (Å²) in [5, 5.41) is 0.000370. The van der Waals surface area contributed by atoms with Gasteiger partial charge in [-0.2, -0.15) is 0 Å². The van der Waals surface area contributed by atoms with Crippen LogP contribution in [-0.4, -0.2) is 6.29 Å². The van der Waals surface area contributed by atoms with E-state index < -0.39 is 5.82 Å². The first-order valence-corrected chi connectivity index (χ1v) is 3.43. The summed E-state index contributed by atoms with van der Waals surface area (Å²) in [7, 11) is 0. The van der Waals surface area contributed by atoms with Crippen LogP contribution in [0.15, 0.2) is 12.1 Å². The monoisotopic (exact) mass is 191 g/mol. The van der Waals surface area contributed by atoms with E-state index >= 15 is 0 Å². The van der Waals surface area contributed by atoms with Gasteiger partial charge in [0.05, 0.1) is 10.0 Å². The number of hydrogen-bond acceptors (Lipinski definition) is 1. The third-order valence-corrected chi connectivity index (χ3v) is 1.72. The van der Waals surface area contributed by atoms with Crippen LogP contribution in [-0.2, 0) is 4.79 Å². The van der Waals surface area contributed by atoms with Gasteiger partial charge in [-0.25, -0.2) is 4.39 Å². The summed E-state index contributed by atoms with van der Waals surface area (Å²) in [6, 6.07) is 2.11. The highest BCUT2D eigenvalue weighted by molar-refractivity contribution is 6.36. The van der Waals surface area contributed by atoms with E-state index in [1.54, 1.807) is 0 Å². The maximum atomic E-state index is 12.6. The van der Waals surface area contributed by atoms with Crippen molar-refractivity contribution in [2.45, 2.75) is 0 Å². The minimum atomic E-state index is -0.672. The summed E-state index contributed by atoms with van der Waals surface area (Å²) < 4.78 is 12.6. The van der Waals surface area contributed by atoms with Gasteiger partial charge in [-0.3, -0.25) is 4.79 Å². The highest BCUT2D eigenvalue weighted by Crippen LogP contribution is 2.22. The van der Waals surface area contributed by atoms with Gasteiger partial charge in [-0.15, -0.1) is 0 Å². The minimum Gasteiger partial charge on any atom is -0.285 e. The number of rotatable bonds is 1. The number of benzene rings is 1. The van der Waals surface area contributed by atoms with Crippen LogP contribution in [0.4, 0.5) is 4.39 Å². The average Bonchev–Trinajstić information content (AvgIpc) is 1.97. The third-order valence-electron chi connectivity index (χ3n) is 1.12. The van der Waals surface area contributed by atoms with Gasteiger partial charge >= 0.3 is 0 Å². The van der Waals surface area contributed by atoms with Crippen LogP contribution >= 0.6 is 23.2 Å². The molecule has 0 atom stereocenters. The van der Waals surface area contributed by atoms with Gasteiger partial charge in [0.15, 0.2) is 0 Å². The van der Waals surface area contributed by atoms with Gasteiger partial charge in [0, 0.05) is 5.56 Å². The summed E-state index contributed by atoms with van der Waals surface area (Å²) >= 11 is 10.8. The SMILES string of the molecule is O=[C]c1cc(F)c(Cl)cc1Cl. The van der Waals surface area contributed by atoms with Crippen molar-refractivity contribution in [1.29, 1.82) is 0 Å². The molecule has 0 aliphatic heterocycles. The van der Waals surface area contributed by atoms with Gasteiger partial charge in [-0.1, -0.05) is 23.2 Å². The van der Waals surface area contributed by atoms with Crippen molar-refractivity contribution in [3.05, 3.63) is 33.6 Å². The molecule has 11 heavy (non-hydrogen) atoms. The zero-order chi connectivity index (χ0) is 8.43. The molecule has 0 saturated carbocycles. The Morgan fingerprint density at radius 2 is 1.91 bits per heavy atom. The molecule has 1 aromatic rings. The molecule has 4 heteroatoms. The second kappa shape index (κ2) is 3.20. The maximum Gasteiger partial charge on any atom is 0.235 e. The lowest BCUT2D eigenvalue weighted by Crippen LogP contribution is -1.85. The predicted molar refractivity (Wildman–Crippen MR) is 41.2 cm³/mol. The molecule has 0 fully saturated rings. The molecule has 0 aliphatic rings. The Balaban J connectivity index is 3.31. The first kappa shape index (κ1) is 8.50. The minimum absolute atomic E-state index is 0.0198. The standard InChI is InChI=1S/C7H2Cl2FO/c8-5-2-6(9)7(10)1-4(5)3-11/h1-2H. The van der Waals surface area contributed by atoms with Crippen LogP contribution in [0.3, 0.4) is 0 Å². The van der Waals surface area contributed by atoms with Crippen LogP contribution < -0.4 is 0 Å². The smallest absolute Gasteiger partial charge is 0.235 e.